The van der Waals surface area contributed by atoms with Gasteiger partial charge in [0.25, 0.3) is 5.91 Å². The Labute approximate surface area is 153 Å². The Kier molecular flexibility index (Phi) is 4.79. The minimum atomic E-state index is -0.711. The van der Waals surface area contributed by atoms with E-state index < -0.39 is 6.03 Å². The Bertz CT molecular complexity index is 757. The van der Waals surface area contributed by atoms with Crippen molar-refractivity contribution in [3.8, 4) is 0 Å². The summed E-state index contributed by atoms with van der Waals surface area (Å²) in [6, 6.07) is -0.711. The van der Waals surface area contributed by atoms with Crippen LogP contribution in [0.5, 0.6) is 0 Å². The van der Waals surface area contributed by atoms with Gasteiger partial charge in [-0.1, -0.05) is 13.8 Å². The number of rotatable bonds is 2. The molecular weight excluding hydrogens is 334 g/mol. The highest BCUT2D eigenvalue weighted by molar-refractivity contribution is 6.07. The van der Waals surface area contributed by atoms with Crippen LogP contribution < -0.4 is 11.2 Å². The summed E-state index contributed by atoms with van der Waals surface area (Å²) in [5, 5.41) is 4.18. The first-order chi connectivity index (χ1) is 12.2. The number of hydrazone groups is 1. The predicted octanol–water partition coefficient (Wildman–Crippen LogP) is 1.32. The van der Waals surface area contributed by atoms with Crippen LogP contribution in [0.3, 0.4) is 0 Å². The number of likely N-dealkylation sites (N-methyl/N-ethyl adjacent to an activating group) is 1. The number of nitrogens with one attached hydrogen (secondary N) is 1. The first kappa shape index (κ1) is 18.4. The van der Waals surface area contributed by atoms with Crippen molar-refractivity contribution in [3.05, 3.63) is 22.6 Å². The second kappa shape index (κ2) is 6.75. The maximum atomic E-state index is 13.0. The van der Waals surface area contributed by atoms with Gasteiger partial charge < -0.3 is 20.0 Å². The van der Waals surface area contributed by atoms with E-state index in [0.29, 0.717) is 31.0 Å². The summed E-state index contributed by atoms with van der Waals surface area (Å²) in [7, 11) is 2.05. The third-order valence-electron chi connectivity index (χ3n) is 5.08. The van der Waals surface area contributed by atoms with E-state index in [0.717, 1.165) is 36.4 Å². The van der Waals surface area contributed by atoms with Gasteiger partial charge in [-0.2, -0.15) is 5.10 Å². The standard InChI is InChI=1S/C18H27N5O3/c1-11-14-12(20-21-17(19)25)9-18(2,3)10-13(14)26-15(11)16(24)23-7-5-22(4)6-8-23/h5-10H2,1-4H3,(H3,19,21,25)/b20-12-. The summed E-state index contributed by atoms with van der Waals surface area (Å²) >= 11 is 0. The fraction of sp³-hybridized carbons (Fsp3) is 0.611. The lowest BCUT2D eigenvalue weighted by Gasteiger charge is -2.31. The number of furan rings is 1. The zero-order chi connectivity index (χ0) is 19.1. The van der Waals surface area contributed by atoms with Gasteiger partial charge in [0.15, 0.2) is 5.76 Å². The lowest BCUT2D eigenvalue weighted by atomic mass is 9.75. The molecule has 3 N–H and O–H groups in total. The van der Waals surface area contributed by atoms with E-state index in [2.05, 4.69) is 36.3 Å². The quantitative estimate of drug-likeness (QED) is 0.775. The number of nitrogens with zero attached hydrogens (tertiary/aromatic N) is 3. The zero-order valence-corrected chi connectivity index (χ0v) is 15.9. The molecule has 0 aromatic carbocycles. The number of carbonyl (C=O) groups excluding carboxylic acids is 2. The predicted molar refractivity (Wildman–Crippen MR) is 98.2 cm³/mol. The van der Waals surface area contributed by atoms with Crippen molar-refractivity contribution in [2.75, 3.05) is 33.2 Å². The molecule has 8 nitrogen and oxygen atoms in total. The highest BCUT2D eigenvalue weighted by Gasteiger charge is 2.37. The van der Waals surface area contributed by atoms with E-state index in [9.17, 15) is 9.59 Å². The van der Waals surface area contributed by atoms with Gasteiger partial charge in [-0.05, 0) is 25.8 Å². The van der Waals surface area contributed by atoms with E-state index in [-0.39, 0.29) is 11.3 Å². The van der Waals surface area contributed by atoms with E-state index in [1.54, 1.807) is 0 Å². The van der Waals surface area contributed by atoms with Crippen molar-refractivity contribution in [3.63, 3.8) is 0 Å². The van der Waals surface area contributed by atoms with Gasteiger partial charge in [0.1, 0.15) is 5.76 Å². The maximum Gasteiger partial charge on any atom is 0.332 e. The normalized spacial score (nSPS) is 21.5. The Morgan fingerprint density at radius 2 is 1.85 bits per heavy atom. The van der Waals surface area contributed by atoms with Crippen LogP contribution in [0.2, 0.25) is 0 Å². The van der Waals surface area contributed by atoms with Crippen LogP contribution >= 0.6 is 0 Å². The molecule has 8 heteroatoms. The zero-order valence-electron chi connectivity index (χ0n) is 15.9. The molecule has 0 unspecified atom stereocenters. The smallest absolute Gasteiger partial charge is 0.332 e. The van der Waals surface area contributed by atoms with Gasteiger partial charge in [-0.3, -0.25) is 4.79 Å². The molecule has 26 heavy (non-hydrogen) atoms. The van der Waals surface area contributed by atoms with Crippen molar-refractivity contribution < 1.29 is 14.0 Å². The summed E-state index contributed by atoms with van der Waals surface area (Å²) in [5.74, 6) is 1.05. The number of nitrogens with two attached hydrogens (primary N) is 1. The topological polar surface area (TPSA) is 104 Å². The van der Waals surface area contributed by atoms with Crippen LogP contribution in [-0.4, -0.2) is 60.7 Å². The molecule has 1 fully saturated rings. The summed E-state index contributed by atoms with van der Waals surface area (Å²) < 4.78 is 6.02. The minimum absolute atomic E-state index is 0.0787. The number of carbonyl (C=O) groups is 2. The Hall–Kier alpha value is -2.35. The lowest BCUT2D eigenvalue weighted by molar-refractivity contribution is 0.0628. The van der Waals surface area contributed by atoms with Gasteiger partial charge in [-0.25, -0.2) is 10.2 Å². The van der Waals surface area contributed by atoms with E-state index in [1.165, 1.54) is 0 Å². The number of primary amides is 1. The molecule has 1 aromatic heterocycles. The molecule has 2 heterocycles. The van der Waals surface area contributed by atoms with Crippen molar-refractivity contribution in [2.45, 2.75) is 33.6 Å². The summed E-state index contributed by atoms with van der Waals surface area (Å²) in [6.45, 7) is 9.18. The van der Waals surface area contributed by atoms with Gasteiger partial charge >= 0.3 is 6.03 Å². The average Bonchev–Trinajstić information content (AvgIpc) is 2.88. The second-order valence-electron chi connectivity index (χ2n) is 8.00. The summed E-state index contributed by atoms with van der Waals surface area (Å²) in [6.07, 6.45) is 1.39. The average molecular weight is 361 g/mol. The molecule has 0 radical (unpaired) electrons. The first-order valence-electron chi connectivity index (χ1n) is 8.90. The molecule has 0 atom stereocenters. The van der Waals surface area contributed by atoms with Crippen LogP contribution in [0.15, 0.2) is 9.52 Å². The highest BCUT2D eigenvalue weighted by Crippen LogP contribution is 2.39. The van der Waals surface area contributed by atoms with Crippen LogP contribution in [0.1, 0.15) is 47.7 Å². The molecule has 1 saturated heterocycles. The maximum absolute atomic E-state index is 13.0. The summed E-state index contributed by atoms with van der Waals surface area (Å²) in [5.41, 5.74) is 9.70. The molecule has 142 valence electrons. The van der Waals surface area contributed by atoms with Crippen LogP contribution in [-0.2, 0) is 6.42 Å². The van der Waals surface area contributed by atoms with Gasteiger partial charge in [0.05, 0.1) is 5.71 Å². The molecule has 1 aliphatic heterocycles. The lowest BCUT2D eigenvalue weighted by Crippen LogP contribution is -2.47. The third kappa shape index (κ3) is 3.60. The third-order valence-corrected chi connectivity index (χ3v) is 5.08. The number of urea groups is 1. The molecule has 1 aromatic rings. The van der Waals surface area contributed by atoms with Crippen LogP contribution in [0.4, 0.5) is 4.79 Å². The fourth-order valence-electron chi connectivity index (χ4n) is 3.69. The van der Waals surface area contributed by atoms with Crippen molar-refractivity contribution in [1.29, 1.82) is 0 Å². The Morgan fingerprint density at radius 3 is 2.46 bits per heavy atom. The van der Waals surface area contributed by atoms with E-state index in [1.807, 2.05) is 11.8 Å². The molecule has 1 aliphatic carbocycles. The number of piperazine rings is 1. The SMILES string of the molecule is Cc1c(C(=O)N2CCN(C)CC2)oc2c1/C(=N\NC(N)=O)CC(C)(C)C2. The fourth-order valence-corrected chi connectivity index (χ4v) is 3.69. The molecule has 3 amide bonds. The molecular formula is C18H27N5O3. The minimum Gasteiger partial charge on any atom is -0.455 e. The molecule has 2 aliphatic rings. The van der Waals surface area contributed by atoms with Crippen molar-refractivity contribution in [2.24, 2.45) is 16.3 Å². The Balaban J connectivity index is 1.95. The van der Waals surface area contributed by atoms with Crippen molar-refractivity contribution >= 4 is 17.6 Å². The molecule has 0 saturated carbocycles. The van der Waals surface area contributed by atoms with Crippen LogP contribution in [0, 0.1) is 12.3 Å². The molecule has 0 spiro atoms. The van der Waals surface area contributed by atoms with Gasteiger partial charge in [0.2, 0.25) is 0 Å². The molecule has 0 bridgehead atoms. The monoisotopic (exact) mass is 361 g/mol. The van der Waals surface area contributed by atoms with E-state index >= 15 is 0 Å². The molecule has 3 rings (SSSR count). The second-order valence-corrected chi connectivity index (χ2v) is 8.00. The van der Waals surface area contributed by atoms with Gasteiger partial charge in [-0.15, -0.1) is 0 Å². The summed E-state index contributed by atoms with van der Waals surface area (Å²) in [4.78, 5) is 28.1. The van der Waals surface area contributed by atoms with E-state index in [4.69, 9.17) is 10.2 Å². The van der Waals surface area contributed by atoms with Crippen molar-refractivity contribution in [1.82, 2.24) is 15.2 Å². The van der Waals surface area contributed by atoms with Gasteiger partial charge in [0, 0.05) is 43.7 Å². The Morgan fingerprint density at radius 1 is 1.19 bits per heavy atom. The highest BCUT2D eigenvalue weighted by atomic mass is 16.4. The largest absolute Gasteiger partial charge is 0.455 e. The number of amides is 3. The number of hydrogen-bond donors (Lipinski definition) is 2. The first-order valence-corrected chi connectivity index (χ1v) is 8.90. The number of fused-ring (bicyclic) bond motifs is 1. The van der Waals surface area contributed by atoms with Crippen LogP contribution in [0.25, 0.3) is 0 Å². The number of hydrogen-bond acceptors (Lipinski definition) is 5.